The number of halogens is 2. The molecule has 106 valence electrons. The van der Waals surface area contributed by atoms with Crippen molar-refractivity contribution in [2.24, 2.45) is 5.73 Å². The molecule has 6 nitrogen and oxygen atoms in total. The lowest BCUT2D eigenvalue weighted by Crippen LogP contribution is -3.00. The molecule has 2 rings (SSSR count). The number of aromatic nitrogens is 1. The summed E-state index contributed by atoms with van der Waals surface area (Å²) in [4.78, 5) is 22.5. The van der Waals surface area contributed by atoms with Gasteiger partial charge < -0.3 is 33.1 Å². The number of aliphatic carboxylic acids is 1. The molecule has 0 aromatic carbocycles. The summed E-state index contributed by atoms with van der Waals surface area (Å²) in [6, 6.07) is 4.61. The van der Waals surface area contributed by atoms with Crippen molar-refractivity contribution in [1.82, 2.24) is 5.32 Å². The molecule has 1 aromatic heterocycles. The van der Waals surface area contributed by atoms with E-state index >= 15 is 0 Å². The Balaban J connectivity index is 0.00000162. The molecule has 0 spiro atoms. The number of carbonyl (C=O) groups excluding carboxylic acids is 1. The van der Waals surface area contributed by atoms with Crippen molar-refractivity contribution < 1.29 is 36.2 Å². The van der Waals surface area contributed by atoms with Crippen molar-refractivity contribution >= 4 is 28.9 Å². The number of carboxylic acids is 1. The predicted octanol–water partition coefficient (Wildman–Crippen LogP) is -3.77. The highest BCUT2D eigenvalue weighted by molar-refractivity contribution is 8.93. The summed E-state index contributed by atoms with van der Waals surface area (Å²) in [5, 5.41) is 11.2. The first-order valence-corrected chi connectivity index (χ1v) is 5.28. The molecule has 0 aliphatic carbocycles. The second-order valence-electron chi connectivity index (χ2n) is 4.27. The number of nitrogens with zero attached hydrogens (tertiary/aromatic N) is 1. The smallest absolute Gasteiger partial charge is 0.326 e. The van der Waals surface area contributed by atoms with Gasteiger partial charge in [-0.2, -0.15) is 0 Å². The molecular formula is C11H15Br2N3O3. The van der Waals surface area contributed by atoms with Crippen molar-refractivity contribution in [2.75, 3.05) is 0 Å². The van der Waals surface area contributed by atoms with Gasteiger partial charge in [0.25, 0.3) is 0 Å². The van der Waals surface area contributed by atoms with Crippen LogP contribution in [-0.4, -0.2) is 28.6 Å². The van der Waals surface area contributed by atoms with Gasteiger partial charge >= 0.3 is 5.97 Å². The normalized spacial score (nSPS) is 24.9. The number of carbonyl (C=O) groups is 2. The Morgan fingerprint density at radius 1 is 1.47 bits per heavy atom. The van der Waals surface area contributed by atoms with E-state index in [1.807, 2.05) is 18.2 Å². The fraction of sp³-hybridized carbons (Fsp3) is 0.364. The molecule has 1 fully saturated rings. The fourth-order valence-electron chi connectivity index (χ4n) is 1.96. The zero-order valence-corrected chi connectivity index (χ0v) is 13.3. The SMILES string of the molecule is Br.N[C@]1(C[n+]2ccccc2)C[C@H](C(=O)O)NC1=O.[Br-]. The maximum absolute atomic E-state index is 11.7. The van der Waals surface area contributed by atoms with Gasteiger partial charge in [0.15, 0.2) is 24.5 Å². The Bertz CT molecular complexity index is 458. The maximum Gasteiger partial charge on any atom is 0.326 e. The molecule has 1 aliphatic heterocycles. The van der Waals surface area contributed by atoms with E-state index in [2.05, 4.69) is 5.32 Å². The average molecular weight is 397 g/mol. The van der Waals surface area contributed by atoms with Crippen LogP contribution in [0.3, 0.4) is 0 Å². The zero-order valence-electron chi connectivity index (χ0n) is 9.95. The molecule has 8 heteroatoms. The summed E-state index contributed by atoms with van der Waals surface area (Å²) < 4.78 is 1.77. The second-order valence-corrected chi connectivity index (χ2v) is 4.27. The number of hydrogen-bond acceptors (Lipinski definition) is 3. The van der Waals surface area contributed by atoms with E-state index in [-0.39, 0.29) is 46.9 Å². The van der Waals surface area contributed by atoms with Gasteiger partial charge in [0.05, 0.1) is 0 Å². The van der Waals surface area contributed by atoms with Gasteiger partial charge in [-0.3, -0.25) is 4.79 Å². The first kappa shape index (κ1) is 18.0. The third-order valence-electron chi connectivity index (χ3n) is 2.87. The number of nitrogens with one attached hydrogen (secondary N) is 1. The van der Waals surface area contributed by atoms with Crippen LogP contribution in [0.25, 0.3) is 0 Å². The summed E-state index contributed by atoms with van der Waals surface area (Å²) in [6.07, 6.45) is 3.68. The predicted molar refractivity (Wildman–Crippen MR) is 68.1 cm³/mol. The number of amides is 1. The van der Waals surface area contributed by atoms with Gasteiger partial charge in [0.1, 0.15) is 6.04 Å². The first-order valence-electron chi connectivity index (χ1n) is 5.28. The van der Waals surface area contributed by atoms with Crippen LogP contribution in [0.5, 0.6) is 0 Å². The largest absolute Gasteiger partial charge is 1.00 e. The van der Waals surface area contributed by atoms with Gasteiger partial charge in [-0.1, -0.05) is 6.07 Å². The Morgan fingerprint density at radius 2 is 2.05 bits per heavy atom. The molecule has 19 heavy (non-hydrogen) atoms. The number of nitrogens with two attached hydrogens (primary N) is 1. The molecule has 2 heterocycles. The molecule has 0 bridgehead atoms. The standard InChI is InChI=1S/C11H13N3O3.2BrH/c12-11(7-14-4-2-1-3-5-14)6-8(9(15)16)13-10(11)17;;/h1-5,8H,6-7,12H2,(H-,13,15,16,17);2*1H/t8-,11+;;/m1../s1. The average Bonchev–Trinajstić information content (AvgIpc) is 2.57. The van der Waals surface area contributed by atoms with Crippen LogP contribution in [0.1, 0.15) is 6.42 Å². The van der Waals surface area contributed by atoms with Gasteiger partial charge in [0.2, 0.25) is 5.91 Å². The molecule has 0 unspecified atom stereocenters. The Hall–Kier alpha value is -0.990. The number of hydrogen-bond donors (Lipinski definition) is 3. The van der Waals surface area contributed by atoms with Gasteiger partial charge in [-0.25, -0.2) is 9.36 Å². The molecule has 0 radical (unpaired) electrons. The Kier molecular flexibility index (Phi) is 6.61. The van der Waals surface area contributed by atoms with Crippen LogP contribution in [0.2, 0.25) is 0 Å². The third kappa shape index (κ3) is 3.99. The van der Waals surface area contributed by atoms with E-state index in [0.29, 0.717) is 0 Å². The third-order valence-corrected chi connectivity index (χ3v) is 2.87. The van der Waals surface area contributed by atoms with E-state index in [4.69, 9.17) is 10.8 Å². The van der Waals surface area contributed by atoms with E-state index in [0.717, 1.165) is 0 Å². The van der Waals surface area contributed by atoms with Gasteiger partial charge in [0, 0.05) is 18.6 Å². The van der Waals surface area contributed by atoms with Crippen molar-refractivity contribution in [1.29, 1.82) is 0 Å². The van der Waals surface area contributed by atoms with E-state index in [1.165, 1.54) is 0 Å². The number of rotatable bonds is 3. The molecule has 2 atom stereocenters. The second kappa shape index (κ2) is 6.97. The molecule has 1 amide bonds. The summed E-state index contributed by atoms with van der Waals surface area (Å²) in [5.74, 6) is -1.47. The highest BCUT2D eigenvalue weighted by atomic mass is 79.9. The highest BCUT2D eigenvalue weighted by Gasteiger charge is 2.49. The number of pyridine rings is 1. The highest BCUT2D eigenvalue weighted by Crippen LogP contribution is 2.18. The van der Waals surface area contributed by atoms with Crippen molar-refractivity contribution in [3.05, 3.63) is 30.6 Å². The zero-order chi connectivity index (χ0) is 12.5. The van der Waals surface area contributed by atoms with Gasteiger partial charge in [-0.15, -0.1) is 17.0 Å². The molecule has 0 saturated carbocycles. The lowest BCUT2D eigenvalue weighted by molar-refractivity contribution is -0.701. The summed E-state index contributed by atoms with van der Waals surface area (Å²) in [6.45, 7) is 0.267. The fourth-order valence-corrected chi connectivity index (χ4v) is 1.96. The van der Waals surface area contributed by atoms with Crippen LogP contribution >= 0.6 is 17.0 Å². The van der Waals surface area contributed by atoms with Crippen molar-refractivity contribution in [2.45, 2.75) is 24.5 Å². The van der Waals surface area contributed by atoms with Crippen LogP contribution in [-0.2, 0) is 16.1 Å². The molecular weight excluding hydrogens is 382 g/mol. The van der Waals surface area contributed by atoms with Gasteiger partial charge in [-0.05, 0) is 0 Å². The Labute approximate surface area is 131 Å². The van der Waals surface area contributed by atoms with E-state index < -0.39 is 23.5 Å². The number of carboxylic acid groups (broad SMARTS) is 1. The molecule has 1 aliphatic rings. The van der Waals surface area contributed by atoms with Crippen molar-refractivity contribution in [3.8, 4) is 0 Å². The van der Waals surface area contributed by atoms with Crippen molar-refractivity contribution in [3.63, 3.8) is 0 Å². The first-order chi connectivity index (χ1) is 8.01. The summed E-state index contributed by atoms with van der Waals surface area (Å²) in [5.41, 5.74) is 4.81. The maximum atomic E-state index is 11.7. The van der Waals surface area contributed by atoms with Crippen LogP contribution in [0.15, 0.2) is 30.6 Å². The Morgan fingerprint density at radius 3 is 2.53 bits per heavy atom. The summed E-state index contributed by atoms with van der Waals surface area (Å²) >= 11 is 0. The van der Waals surface area contributed by atoms with E-state index in [1.54, 1.807) is 17.0 Å². The van der Waals surface area contributed by atoms with Crippen LogP contribution in [0.4, 0.5) is 0 Å². The lowest BCUT2D eigenvalue weighted by atomic mass is 9.96. The minimum Gasteiger partial charge on any atom is -1.00 e. The molecule has 1 aromatic rings. The monoisotopic (exact) mass is 395 g/mol. The quantitative estimate of drug-likeness (QED) is 0.457. The minimum absolute atomic E-state index is 0. The lowest BCUT2D eigenvalue weighted by Gasteiger charge is -2.16. The molecule has 1 saturated heterocycles. The van der Waals surface area contributed by atoms with E-state index in [9.17, 15) is 9.59 Å². The topological polar surface area (TPSA) is 96.3 Å². The minimum atomic E-state index is -1.16. The summed E-state index contributed by atoms with van der Waals surface area (Å²) in [7, 11) is 0. The van der Waals surface area contributed by atoms with Crippen LogP contribution in [0, 0.1) is 0 Å². The molecule has 4 N–H and O–H groups in total. The van der Waals surface area contributed by atoms with Crippen LogP contribution < -0.4 is 32.6 Å².